The van der Waals surface area contributed by atoms with Crippen molar-refractivity contribution in [3.8, 4) is 0 Å². The number of carboxylic acids is 3. The van der Waals surface area contributed by atoms with Crippen molar-refractivity contribution >= 4 is 147 Å². The van der Waals surface area contributed by atoms with E-state index >= 15 is 0 Å². The number of amides is 6. The van der Waals surface area contributed by atoms with Gasteiger partial charge in [-0.05, 0) is 164 Å². The Morgan fingerprint density at radius 1 is 0.417 bits per heavy atom. The number of unbranched alkanes of at least 4 members (excludes halogenated alkanes) is 8. The second-order valence-corrected chi connectivity index (χ2v) is 38.4. The summed E-state index contributed by atoms with van der Waals surface area (Å²) in [7, 11) is 1.58. The van der Waals surface area contributed by atoms with E-state index in [9.17, 15) is 96.2 Å². The minimum absolute atomic E-state index is 0.0000152. The molecule has 0 spiro atoms. The lowest BCUT2D eigenvalue weighted by atomic mass is 9.84. The first-order chi connectivity index (χ1) is 66.2. The number of nitrogens with one attached hydrogen (secondary N) is 3. The van der Waals surface area contributed by atoms with Gasteiger partial charge >= 0.3 is 53.4 Å². The van der Waals surface area contributed by atoms with Crippen molar-refractivity contribution in [3.63, 3.8) is 0 Å². The number of ketones is 4. The van der Waals surface area contributed by atoms with Crippen LogP contribution in [0.2, 0.25) is 0 Å². The van der Waals surface area contributed by atoms with E-state index in [-0.39, 0.29) is 192 Å². The summed E-state index contributed by atoms with van der Waals surface area (Å²) in [6.07, 6.45) is 16.6. The summed E-state index contributed by atoms with van der Waals surface area (Å²) in [5.41, 5.74) is 8.33. The van der Waals surface area contributed by atoms with Crippen molar-refractivity contribution in [2.45, 2.75) is 264 Å². The number of hydroxylamine groups is 2. The van der Waals surface area contributed by atoms with E-state index < -0.39 is 126 Å². The van der Waals surface area contributed by atoms with Gasteiger partial charge in [-0.3, -0.25) is 76.7 Å². The van der Waals surface area contributed by atoms with Crippen molar-refractivity contribution in [2.24, 2.45) is 29.4 Å². The first-order valence-electron chi connectivity index (χ1n) is 46.8. The summed E-state index contributed by atoms with van der Waals surface area (Å²) >= 11 is 7.13. The molecule has 5 aromatic rings. The molecular formula is C99H140N6O30S4. The van der Waals surface area contributed by atoms with E-state index in [1.807, 2.05) is 48.7 Å². The first-order valence-corrected chi connectivity index (χ1v) is 52.0. The van der Waals surface area contributed by atoms with Crippen molar-refractivity contribution < 1.29 is 134 Å². The highest BCUT2D eigenvalue weighted by molar-refractivity contribution is 8.00. The quantitative estimate of drug-likeness (QED) is 0.00625. The van der Waals surface area contributed by atoms with Crippen LogP contribution in [0.3, 0.4) is 0 Å². The van der Waals surface area contributed by atoms with Crippen LogP contribution in [0.25, 0.3) is 0 Å². The highest BCUT2D eigenvalue weighted by Crippen LogP contribution is 2.49. The van der Waals surface area contributed by atoms with Gasteiger partial charge in [-0.2, -0.15) is 35.3 Å². The van der Waals surface area contributed by atoms with Crippen LogP contribution in [0.4, 0.5) is 0 Å². The minimum Gasteiger partial charge on any atom is -0.481 e. The summed E-state index contributed by atoms with van der Waals surface area (Å²) in [5.74, 6) is -10.3. The second kappa shape index (κ2) is 69.8. The molecule has 0 bridgehead atoms. The predicted molar refractivity (Wildman–Crippen MR) is 525 cm³/mol. The lowest BCUT2D eigenvalue weighted by Gasteiger charge is -2.35. The number of hydrogen-bond donors (Lipinski definition) is 7. The van der Waals surface area contributed by atoms with Crippen LogP contribution in [0.15, 0.2) is 118 Å². The number of imide groups is 1. The molecule has 6 amide bonds. The molecule has 2 aromatic heterocycles. The number of rotatable bonds is 67. The Morgan fingerprint density at radius 2 is 0.755 bits per heavy atom. The molecule has 36 nitrogen and oxygen atoms in total. The molecule has 1 saturated heterocycles. The van der Waals surface area contributed by atoms with E-state index in [4.69, 9.17) is 43.8 Å². The molecule has 40 heteroatoms. The molecule has 0 saturated carbocycles. The highest BCUT2D eigenvalue weighted by atomic mass is 32.2. The summed E-state index contributed by atoms with van der Waals surface area (Å²) in [6, 6.07) is 31.6. The Kier molecular flexibility index (Phi) is 61.4. The number of thioether (sulfide) groups is 4. The van der Waals surface area contributed by atoms with Crippen LogP contribution < -0.4 is 33.3 Å². The van der Waals surface area contributed by atoms with Gasteiger partial charge in [-0.1, -0.05) is 117 Å². The number of Topliss-reactive ketones (excluding diaryl/α,β-unsaturated/α-hetero) is 4. The van der Waals surface area contributed by atoms with Gasteiger partial charge in [0.2, 0.25) is 23.6 Å². The average Bonchev–Trinajstić information content (AvgIpc) is 1.28. The molecule has 3 aromatic carbocycles. The van der Waals surface area contributed by atoms with Gasteiger partial charge < -0.3 is 78.6 Å². The Labute approximate surface area is 828 Å². The van der Waals surface area contributed by atoms with E-state index in [0.717, 1.165) is 87.2 Å². The van der Waals surface area contributed by atoms with Gasteiger partial charge in [0.15, 0.2) is 36.3 Å². The number of benzene rings is 3. The van der Waals surface area contributed by atoms with Gasteiger partial charge in [0, 0.05) is 123 Å². The molecule has 1 aliphatic heterocycles. The molecular weight excluding hydrogens is 1880 g/mol. The van der Waals surface area contributed by atoms with E-state index in [1.165, 1.54) is 35.4 Å². The topological polar surface area (TPSA) is 543 Å². The Balaban J connectivity index is 0.000000494. The molecule has 770 valence electrons. The van der Waals surface area contributed by atoms with Crippen molar-refractivity contribution in [3.05, 3.63) is 152 Å². The van der Waals surface area contributed by atoms with Crippen molar-refractivity contribution in [1.82, 2.24) is 25.9 Å². The summed E-state index contributed by atoms with van der Waals surface area (Å²) in [5, 5.41) is 35.4. The standard InChI is InChI=1S/C39H49NO6S.C25H34N2O11S.C21H31NO9S.C14H26N2O4S/c1-38(2,3)46-36(44)25-17-26-40(4)37(45)30(29-35(42)43)28-34(41)24-15-8-16-27-47-39(31-18-9-5-10-19-31,32-20-11-6-12-21-32)33-22-13-7-14-23-33;1-16-19(37-25(34)36-16)15-35-22(31)8-6-11-26-24(33)17(13-18(28)7-4-3-5-12-39-2)14-23(32)38-27-20(29)9-10-21(27)30;1-14-17(31-21(28)30-14)13-29-19(26)8-6-9-22-20(27)15(12-18(24)25)11-16(23)7-4-3-5-10-32-2;1-21-8-4-2-3-5-12(17)9-11(10-13(18)19)14(20)16-7-6-15/h5-7,9-14,18-23,30H,8,15-17,24-29H2,1-4H3,(H,42,43);17H,3-15H2,1-2H3,(H,26,33);15H,3-13H2,1-2H3,(H,22,27)(H,24,25);11H,2-10,15H2,1H3,(H,16,20)(H,18,19)/t30-;17-;15-;11-/m0000/s1. The normalized spacial score (nSPS) is 12.5. The highest BCUT2D eigenvalue weighted by Gasteiger charge is 2.39. The minimum atomic E-state index is -1.15. The number of aryl methyl sites for hydroxylation is 2. The maximum absolute atomic E-state index is 13.1. The van der Waals surface area contributed by atoms with Crippen LogP contribution >= 0.6 is 47.0 Å². The number of ether oxygens (including phenoxy) is 3. The predicted octanol–water partition coefficient (Wildman–Crippen LogP) is 13.4. The monoisotopic (exact) mass is 2020 g/mol. The van der Waals surface area contributed by atoms with Gasteiger partial charge in [0.05, 0.1) is 54.1 Å². The van der Waals surface area contributed by atoms with E-state index in [1.54, 1.807) is 63.1 Å². The average molecular weight is 2020 g/mol. The number of carbonyl (C=O) groups excluding carboxylic acids is 14. The lowest BCUT2D eigenvalue weighted by molar-refractivity contribution is -0.198. The Bertz CT molecular complexity index is 4670. The number of esters is 3. The third-order valence-corrected chi connectivity index (χ3v) is 25.1. The molecule has 3 heterocycles. The molecule has 4 atom stereocenters. The molecule has 0 aliphatic carbocycles. The fraction of sp³-hybridized carbons (Fsp3) is 0.586. The van der Waals surface area contributed by atoms with Crippen LogP contribution in [0.5, 0.6) is 0 Å². The molecule has 1 aliphatic rings. The molecule has 0 unspecified atom stereocenters. The van der Waals surface area contributed by atoms with Gasteiger partial charge in [-0.15, -0.1) is 16.8 Å². The van der Waals surface area contributed by atoms with E-state index in [0.29, 0.717) is 43.6 Å². The fourth-order valence-corrected chi connectivity index (χ4v) is 17.3. The molecule has 0 radical (unpaired) electrons. The van der Waals surface area contributed by atoms with E-state index in [2.05, 4.69) is 97.6 Å². The number of hydrogen-bond acceptors (Lipinski definition) is 32. The van der Waals surface area contributed by atoms with Crippen LogP contribution in [-0.2, 0) is 119 Å². The third-order valence-electron chi connectivity index (χ3n) is 21.3. The maximum atomic E-state index is 13.1. The van der Waals surface area contributed by atoms with Gasteiger partial charge in [0.1, 0.15) is 28.7 Å². The van der Waals surface area contributed by atoms with Gasteiger partial charge in [-0.25, -0.2) is 14.4 Å². The third kappa shape index (κ3) is 52.7. The Morgan fingerprint density at radius 3 is 1.09 bits per heavy atom. The van der Waals surface area contributed by atoms with Gasteiger partial charge in [0.25, 0.3) is 11.8 Å². The number of nitrogens with two attached hydrogens (primary N) is 1. The molecule has 1 fully saturated rings. The summed E-state index contributed by atoms with van der Waals surface area (Å²) in [4.78, 5) is 233. The molecule has 8 N–H and O–H groups in total. The lowest BCUT2D eigenvalue weighted by Crippen LogP contribution is -2.37. The zero-order valence-electron chi connectivity index (χ0n) is 81.3. The van der Waals surface area contributed by atoms with Crippen LogP contribution in [0.1, 0.15) is 266 Å². The number of carbonyl (C=O) groups is 17. The zero-order chi connectivity index (χ0) is 103. The Hall–Kier alpha value is -11.0. The van der Waals surface area contributed by atoms with Crippen LogP contribution in [-0.4, -0.2) is 213 Å². The number of aliphatic carboxylic acids is 3. The van der Waals surface area contributed by atoms with Crippen molar-refractivity contribution in [1.29, 1.82) is 0 Å². The molecule has 6 rings (SSSR count). The second-order valence-electron chi connectivity index (χ2n) is 34.2. The largest absolute Gasteiger partial charge is 0.519 e. The summed E-state index contributed by atoms with van der Waals surface area (Å²) in [6.45, 7) is 8.92. The van der Waals surface area contributed by atoms with Crippen LogP contribution in [0, 0.1) is 37.5 Å². The SMILES string of the molecule is CN(CCCC(=O)OC(C)(C)C)C(=O)[C@H](CC(=O)O)CC(=O)CCCCCSC(c1ccccc1)(c1ccccc1)c1ccccc1.CSCCCCCC(=O)C[C@@H](CC(=O)O)C(=O)NCCCC(=O)OCc1oc(=O)oc1C.CSCCCCCC(=O)C[C@@H](CC(=O)O)C(=O)NCCN.CSCCCCCC(=O)C[C@@H](CC(=O)ON1C(=O)CCC1=O)C(=O)NCCCC(=O)OCc1oc(=O)oc1C. The maximum Gasteiger partial charge on any atom is 0.519 e. The first kappa shape index (κ1) is 122. The number of nitrogens with zero attached hydrogens (tertiary/aromatic N) is 2. The number of carboxylic acid groups (broad SMARTS) is 3. The van der Waals surface area contributed by atoms with Crippen molar-refractivity contribution in [2.75, 3.05) is 81.6 Å². The smallest absolute Gasteiger partial charge is 0.481 e. The molecule has 139 heavy (non-hydrogen) atoms. The zero-order valence-corrected chi connectivity index (χ0v) is 84.6. The fourth-order valence-electron chi connectivity index (χ4n) is 14.2. The summed E-state index contributed by atoms with van der Waals surface area (Å²) < 4.78 is 33.7.